The van der Waals surface area contributed by atoms with E-state index in [4.69, 9.17) is 0 Å². The lowest BCUT2D eigenvalue weighted by Crippen LogP contribution is -2.12. The molecule has 1 heterocycles. The summed E-state index contributed by atoms with van der Waals surface area (Å²) in [4.78, 5) is 1.44. The van der Waals surface area contributed by atoms with Crippen LogP contribution in [0, 0.1) is 11.8 Å². The second kappa shape index (κ2) is 4.18. The van der Waals surface area contributed by atoms with Gasteiger partial charge in [0.15, 0.2) is 0 Å². The molecule has 3 atom stereocenters. The van der Waals surface area contributed by atoms with Gasteiger partial charge in [-0.1, -0.05) is 18.2 Å². The van der Waals surface area contributed by atoms with Gasteiger partial charge in [-0.3, -0.25) is 0 Å². The van der Waals surface area contributed by atoms with Crippen LogP contribution in [-0.4, -0.2) is 18.3 Å². The van der Waals surface area contributed by atoms with Crippen LogP contribution in [0.3, 0.4) is 0 Å². The van der Waals surface area contributed by atoms with Crippen molar-refractivity contribution in [3.8, 4) is 0 Å². The van der Waals surface area contributed by atoms with E-state index >= 15 is 0 Å². The zero-order valence-electron chi connectivity index (χ0n) is 8.86. The molecule has 3 rings (SSSR count). The first kappa shape index (κ1) is 9.73. The van der Waals surface area contributed by atoms with Crippen LogP contribution >= 0.6 is 11.8 Å². The largest absolute Gasteiger partial charge is 0.316 e. The first-order chi connectivity index (χ1) is 7.42. The lowest BCUT2D eigenvalue weighted by molar-refractivity contribution is 0.494. The van der Waals surface area contributed by atoms with Gasteiger partial charge in [-0.25, -0.2) is 0 Å². The molecule has 1 aromatic rings. The molecule has 2 fully saturated rings. The number of rotatable bonds is 2. The van der Waals surface area contributed by atoms with Gasteiger partial charge in [-0.2, -0.15) is 0 Å². The third kappa shape index (κ3) is 2.06. The van der Waals surface area contributed by atoms with Gasteiger partial charge in [0, 0.05) is 10.1 Å². The van der Waals surface area contributed by atoms with E-state index in [1.54, 1.807) is 0 Å². The van der Waals surface area contributed by atoms with E-state index in [-0.39, 0.29) is 0 Å². The smallest absolute Gasteiger partial charge is 0.0101 e. The molecule has 1 nitrogen and oxygen atoms in total. The molecule has 1 aliphatic carbocycles. The Morgan fingerprint density at radius 2 is 1.67 bits per heavy atom. The molecule has 1 unspecified atom stereocenters. The standard InChI is InChI=1S/C13H17NS/c1-2-4-12(5-3-1)15-13-6-10-8-14-9-11(10)7-13/h1-5,10-11,13-14H,6-9H2/t10-,11+,13?. The molecule has 0 bridgehead atoms. The van der Waals surface area contributed by atoms with Crippen molar-refractivity contribution in [3.05, 3.63) is 30.3 Å². The molecule has 0 aromatic heterocycles. The van der Waals surface area contributed by atoms with Crippen LogP contribution in [-0.2, 0) is 0 Å². The highest BCUT2D eigenvalue weighted by molar-refractivity contribution is 8.00. The third-order valence-corrected chi connectivity index (χ3v) is 4.92. The van der Waals surface area contributed by atoms with E-state index in [1.165, 1.54) is 30.8 Å². The number of benzene rings is 1. The van der Waals surface area contributed by atoms with Crippen LogP contribution in [0.5, 0.6) is 0 Å². The van der Waals surface area contributed by atoms with Gasteiger partial charge in [0.25, 0.3) is 0 Å². The van der Waals surface area contributed by atoms with Crippen molar-refractivity contribution in [2.24, 2.45) is 11.8 Å². The topological polar surface area (TPSA) is 12.0 Å². The van der Waals surface area contributed by atoms with Crippen LogP contribution < -0.4 is 5.32 Å². The van der Waals surface area contributed by atoms with Crippen molar-refractivity contribution < 1.29 is 0 Å². The summed E-state index contributed by atoms with van der Waals surface area (Å²) in [6.45, 7) is 2.52. The van der Waals surface area contributed by atoms with Crippen molar-refractivity contribution >= 4 is 11.8 Å². The predicted molar refractivity (Wildman–Crippen MR) is 65.2 cm³/mol. The van der Waals surface area contributed by atoms with Gasteiger partial charge in [0.2, 0.25) is 0 Å². The Labute approximate surface area is 95.6 Å². The Morgan fingerprint density at radius 3 is 2.33 bits per heavy atom. The Morgan fingerprint density at radius 1 is 1.00 bits per heavy atom. The predicted octanol–water partition coefficient (Wildman–Crippen LogP) is 2.78. The Balaban J connectivity index is 1.62. The van der Waals surface area contributed by atoms with Gasteiger partial charge in [-0.05, 0) is 49.9 Å². The maximum atomic E-state index is 3.50. The van der Waals surface area contributed by atoms with E-state index in [2.05, 4.69) is 47.4 Å². The third-order valence-electron chi connectivity index (χ3n) is 3.66. The first-order valence-electron chi connectivity index (χ1n) is 5.84. The highest BCUT2D eigenvalue weighted by atomic mass is 32.2. The molecule has 2 aliphatic rings. The highest BCUT2D eigenvalue weighted by Gasteiger charge is 2.37. The van der Waals surface area contributed by atoms with Gasteiger partial charge < -0.3 is 5.32 Å². The summed E-state index contributed by atoms with van der Waals surface area (Å²) >= 11 is 2.08. The first-order valence-corrected chi connectivity index (χ1v) is 6.72. The molecule has 15 heavy (non-hydrogen) atoms. The molecule has 0 radical (unpaired) electrons. The molecule has 1 saturated heterocycles. The molecule has 2 heteroatoms. The van der Waals surface area contributed by atoms with Crippen molar-refractivity contribution in [3.63, 3.8) is 0 Å². The Bertz CT molecular complexity index is 313. The van der Waals surface area contributed by atoms with E-state index in [9.17, 15) is 0 Å². The molecule has 80 valence electrons. The minimum Gasteiger partial charge on any atom is -0.316 e. The summed E-state index contributed by atoms with van der Waals surface area (Å²) in [6.07, 6.45) is 2.83. The van der Waals surface area contributed by atoms with Gasteiger partial charge in [0.05, 0.1) is 0 Å². The molecular weight excluding hydrogens is 202 g/mol. The number of hydrogen-bond acceptors (Lipinski definition) is 2. The van der Waals surface area contributed by atoms with Crippen molar-refractivity contribution in [2.45, 2.75) is 23.0 Å². The normalized spacial score (nSPS) is 34.3. The maximum absolute atomic E-state index is 3.50. The van der Waals surface area contributed by atoms with Crippen LogP contribution in [0.1, 0.15) is 12.8 Å². The molecule has 0 spiro atoms. The van der Waals surface area contributed by atoms with E-state index in [0.717, 1.165) is 17.1 Å². The summed E-state index contributed by atoms with van der Waals surface area (Å²) < 4.78 is 0. The summed E-state index contributed by atoms with van der Waals surface area (Å²) in [5, 5.41) is 4.36. The highest BCUT2D eigenvalue weighted by Crippen LogP contribution is 2.42. The quantitative estimate of drug-likeness (QED) is 0.821. The fraction of sp³-hybridized carbons (Fsp3) is 0.538. The Hall–Kier alpha value is -0.470. The second-order valence-electron chi connectivity index (χ2n) is 4.70. The number of hydrogen-bond donors (Lipinski definition) is 1. The Kier molecular flexibility index (Phi) is 2.72. The van der Waals surface area contributed by atoms with Crippen molar-refractivity contribution in [1.82, 2.24) is 5.32 Å². The average Bonchev–Trinajstić information content (AvgIpc) is 2.79. The fourth-order valence-corrected chi connectivity index (χ4v) is 4.28. The summed E-state index contributed by atoms with van der Waals surface area (Å²) in [6, 6.07) is 10.8. The van der Waals surface area contributed by atoms with E-state index in [0.29, 0.717) is 0 Å². The average molecular weight is 219 g/mol. The molecular formula is C13H17NS. The summed E-state index contributed by atoms with van der Waals surface area (Å²) in [5.74, 6) is 1.93. The van der Waals surface area contributed by atoms with Gasteiger partial charge >= 0.3 is 0 Å². The number of nitrogens with one attached hydrogen (secondary N) is 1. The van der Waals surface area contributed by atoms with Crippen LogP contribution in [0.4, 0.5) is 0 Å². The monoisotopic (exact) mass is 219 g/mol. The fourth-order valence-electron chi connectivity index (χ4n) is 2.90. The maximum Gasteiger partial charge on any atom is 0.0101 e. The van der Waals surface area contributed by atoms with Gasteiger partial charge in [-0.15, -0.1) is 11.8 Å². The number of thioether (sulfide) groups is 1. The van der Waals surface area contributed by atoms with Crippen LogP contribution in [0.15, 0.2) is 35.2 Å². The molecule has 1 saturated carbocycles. The zero-order chi connectivity index (χ0) is 10.1. The lowest BCUT2D eigenvalue weighted by atomic mass is 10.0. The van der Waals surface area contributed by atoms with Crippen LogP contribution in [0.2, 0.25) is 0 Å². The summed E-state index contributed by atoms with van der Waals surface area (Å²) in [5.41, 5.74) is 0. The van der Waals surface area contributed by atoms with Crippen molar-refractivity contribution in [2.75, 3.05) is 13.1 Å². The van der Waals surface area contributed by atoms with Crippen LogP contribution in [0.25, 0.3) is 0 Å². The van der Waals surface area contributed by atoms with E-state index in [1.807, 2.05) is 0 Å². The SMILES string of the molecule is c1ccc(SC2C[C@H]3CNC[C@H]3C2)cc1. The second-order valence-corrected chi connectivity index (χ2v) is 6.08. The zero-order valence-corrected chi connectivity index (χ0v) is 9.67. The minimum absolute atomic E-state index is 0.865. The minimum atomic E-state index is 0.865. The lowest BCUT2D eigenvalue weighted by Gasteiger charge is -2.10. The molecule has 0 amide bonds. The van der Waals surface area contributed by atoms with Gasteiger partial charge in [0.1, 0.15) is 0 Å². The van der Waals surface area contributed by atoms with Crippen molar-refractivity contribution in [1.29, 1.82) is 0 Å². The van der Waals surface area contributed by atoms with E-state index < -0.39 is 0 Å². The molecule has 1 N–H and O–H groups in total. The molecule has 1 aromatic carbocycles. The summed E-state index contributed by atoms with van der Waals surface area (Å²) in [7, 11) is 0. The number of fused-ring (bicyclic) bond motifs is 1. The molecule has 1 aliphatic heterocycles.